The molecule has 1 aliphatic carbocycles. The first-order chi connectivity index (χ1) is 11.5. The molecule has 0 bridgehead atoms. The number of halogens is 2. The van der Waals surface area contributed by atoms with Crippen molar-refractivity contribution in [3.63, 3.8) is 0 Å². The van der Waals surface area contributed by atoms with Gasteiger partial charge in [-0.3, -0.25) is 9.48 Å². The molecule has 0 unspecified atom stereocenters. The van der Waals surface area contributed by atoms with Gasteiger partial charge in [0.15, 0.2) is 0 Å². The van der Waals surface area contributed by atoms with E-state index in [2.05, 4.69) is 15.2 Å². The van der Waals surface area contributed by atoms with E-state index in [1.54, 1.807) is 23.0 Å². The maximum atomic E-state index is 12.3. The van der Waals surface area contributed by atoms with Crippen molar-refractivity contribution in [3.8, 4) is 5.75 Å². The van der Waals surface area contributed by atoms with Gasteiger partial charge >= 0.3 is 6.61 Å². The molecule has 24 heavy (non-hydrogen) atoms. The Labute approximate surface area is 138 Å². The van der Waals surface area contributed by atoms with Crippen LogP contribution in [0.25, 0.3) is 0 Å². The molecular formula is C17H19F2N3O2. The Morgan fingerprint density at radius 3 is 3.04 bits per heavy atom. The van der Waals surface area contributed by atoms with E-state index >= 15 is 0 Å². The van der Waals surface area contributed by atoms with Crippen LogP contribution in [-0.2, 0) is 17.8 Å². The lowest BCUT2D eigenvalue weighted by Crippen LogP contribution is -2.33. The number of aryl methyl sites for hydroxylation is 2. The van der Waals surface area contributed by atoms with Gasteiger partial charge in [0.25, 0.3) is 0 Å². The molecule has 5 nitrogen and oxygen atoms in total. The first kappa shape index (κ1) is 16.4. The highest BCUT2D eigenvalue weighted by Crippen LogP contribution is 2.32. The molecule has 0 fully saturated rings. The van der Waals surface area contributed by atoms with E-state index in [0.717, 1.165) is 36.0 Å². The second kappa shape index (κ2) is 6.98. The lowest BCUT2D eigenvalue weighted by Gasteiger charge is -2.27. The second-order valence-corrected chi connectivity index (χ2v) is 5.97. The molecule has 0 saturated carbocycles. The monoisotopic (exact) mass is 335 g/mol. The zero-order valence-electron chi connectivity index (χ0n) is 13.3. The minimum absolute atomic E-state index is 0.112. The first-order valence-electron chi connectivity index (χ1n) is 7.87. The SMILES string of the molecule is Cc1cnn(CC(=O)N[C@H]2CCCc3cc(OC(F)F)ccc32)c1. The number of benzene rings is 1. The van der Waals surface area contributed by atoms with E-state index in [9.17, 15) is 13.6 Å². The zero-order chi connectivity index (χ0) is 17.1. The fraction of sp³-hybridized carbons (Fsp3) is 0.412. The van der Waals surface area contributed by atoms with Crippen LogP contribution in [0, 0.1) is 6.92 Å². The Morgan fingerprint density at radius 1 is 1.50 bits per heavy atom. The van der Waals surface area contributed by atoms with Gasteiger partial charge in [0.05, 0.1) is 12.2 Å². The molecule has 0 radical (unpaired) electrons. The number of carbonyl (C=O) groups excluding carboxylic acids is 1. The Balaban J connectivity index is 1.68. The lowest BCUT2D eigenvalue weighted by molar-refractivity contribution is -0.122. The second-order valence-electron chi connectivity index (χ2n) is 5.97. The number of fused-ring (bicyclic) bond motifs is 1. The van der Waals surface area contributed by atoms with Crippen molar-refractivity contribution in [3.05, 3.63) is 47.3 Å². The van der Waals surface area contributed by atoms with E-state index in [4.69, 9.17) is 0 Å². The highest BCUT2D eigenvalue weighted by Gasteiger charge is 2.22. The Kier molecular flexibility index (Phi) is 4.78. The maximum absolute atomic E-state index is 12.3. The third kappa shape index (κ3) is 3.90. The van der Waals surface area contributed by atoms with Crippen LogP contribution in [0.3, 0.4) is 0 Å². The van der Waals surface area contributed by atoms with E-state index in [0.29, 0.717) is 0 Å². The largest absolute Gasteiger partial charge is 0.435 e. The minimum Gasteiger partial charge on any atom is -0.435 e. The molecular weight excluding hydrogens is 316 g/mol. The number of amides is 1. The normalized spacial score (nSPS) is 16.8. The van der Waals surface area contributed by atoms with E-state index in [-0.39, 0.29) is 24.2 Å². The number of hydrogen-bond donors (Lipinski definition) is 1. The van der Waals surface area contributed by atoms with Crippen molar-refractivity contribution in [1.82, 2.24) is 15.1 Å². The molecule has 1 heterocycles. The number of alkyl halides is 2. The third-order valence-electron chi connectivity index (χ3n) is 4.06. The number of nitrogens with zero attached hydrogens (tertiary/aromatic N) is 2. The van der Waals surface area contributed by atoms with Crippen molar-refractivity contribution in [2.45, 2.75) is 45.4 Å². The first-order valence-corrected chi connectivity index (χ1v) is 7.87. The summed E-state index contributed by atoms with van der Waals surface area (Å²) in [5.41, 5.74) is 2.91. The van der Waals surface area contributed by atoms with Crippen LogP contribution in [0.5, 0.6) is 5.75 Å². The number of hydrogen-bond acceptors (Lipinski definition) is 3. The maximum Gasteiger partial charge on any atom is 0.387 e. The standard InChI is InChI=1S/C17H19F2N3O2/c1-11-8-20-22(9-11)10-16(23)21-15-4-2-3-12-7-13(24-17(18)19)5-6-14(12)15/h5-9,15,17H,2-4,10H2,1H3,(H,21,23)/t15-/m0/s1. The predicted octanol–water partition coefficient (Wildman–Crippen LogP) is 2.99. The van der Waals surface area contributed by atoms with Crippen LogP contribution in [0.2, 0.25) is 0 Å². The van der Waals surface area contributed by atoms with Crippen molar-refractivity contribution in [2.24, 2.45) is 0 Å². The molecule has 128 valence electrons. The summed E-state index contributed by atoms with van der Waals surface area (Å²) in [7, 11) is 0. The van der Waals surface area contributed by atoms with Crippen molar-refractivity contribution in [2.75, 3.05) is 0 Å². The number of nitrogens with one attached hydrogen (secondary N) is 1. The Hall–Kier alpha value is -2.44. The Bertz CT molecular complexity index is 730. The molecule has 1 aromatic carbocycles. The molecule has 1 N–H and O–H groups in total. The van der Waals surface area contributed by atoms with Crippen molar-refractivity contribution in [1.29, 1.82) is 0 Å². The minimum atomic E-state index is -2.83. The molecule has 1 aromatic heterocycles. The summed E-state index contributed by atoms with van der Waals surface area (Å²) in [4.78, 5) is 12.2. The van der Waals surface area contributed by atoms with Gasteiger partial charge in [-0.25, -0.2) is 0 Å². The molecule has 0 aliphatic heterocycles. The molecule has 0 saturated heterocycles. The van der Waals surface area contributed by atoms with Crippen LogP contribution in [0.15, 0.2) is 30.6 Å². The molecule has 2 aromatic rings. The molecule has 1 amide bonds. The highest BCUT2D eigenvalue weighted by atomic mass is 19.3. The van der Waals surface area contributed by atoms with Gasteiger partial charge in [-0.2, -0.15) is 13.9 Å². The topological polar surface area (TPSA) is 56.2 Å². The summed E-state index contributed by atoms with van der Waals surface area (Å²) in [6, 6.07) is 4.80. The molecule has 0 spiro atoms. The average molecular weight is 335 g/mol. The quantitative estimate of drug-likeness (QED) is 0.914. The van der Waals surface area contributed by atoms with Crippen LogP contribution < -0.4 is 10.1 Å². The smallest absolute Gasteiger partial charge is 0.387 e. The predicted molar refractivity (Wildman–Crippen MR) is 83.9 cm³/mol. The van der Waals surface area contributed by atoms with Crippen LogP contribution >= 0.6 is 0 Å². The zero-order valence-corrected chi connectivity index (χ0v) is 13.3. The number of carbonyl (C=O) groups is 1. The summed E-state index contributed by atoms with van der Waals surface area (Å²) in [5, 5.41) is 7.10. The van der Waals surface area contributed by atoms with Gasteiger partial charge in [0, 0.05) is 6.20 Å². The van der Waals surface area contributed by atoms with E-state index < -0.39 is 6.61 Å². The number of rotatable bonds is 5. The average Bonchev–Trinajstić information content (AvgIpc) is 2.91. The van der Waals surface area contributed by atoms with Crippen LogP contribution in [-0.4, -0.2) is 22.3 Å². The third-order valence-corrected chi connectivity index (χ3v) is 4.06. The van der Waals surface area contributed by atoms with E-state index in [1.807, 2.05) is 13.1 Å². The molecule has 3 rings (SSSR count). The van der Waals surface area contributed by atoms with Gasteiger partial charge in [0.2, 0.25) is 5.91 Å². The summed E-state index contributed by atoms with van der Waals surface area (Å²) in [6.45, 7) is -0.760. The van der Waals surface area contributed by atoms with Gasteiger partial charge in [-0.15, -0.1) is 0 Å². The lowest BCUT2D eigenvalue weighted by atomic mass is 9.87. The van der Waals surface area contributed by atoms with E-state index in [1.165, 1.54) is 6.07 Å². The van der Waals surface area contributed by atoms with Crippen molar-refractivity contribution < 1.29 is 18.3 Å². The summed E-state index contributed by atoms with van der Waals surface area (Å²) in [5.74, 6) is 0.0339. The summed E-state index contributed by atoms with van der Waals surface area (Å²) >= 11 is 0. The fourth-order valence-corrected chi connectivity index (χ4v) is 3.06. The van der Waals surface area contributed by atoms with Gasteiger partial charge < -0.3 is 10.1 Å². The molecule has 7 heteroatoms. The number of aromatic nitrogens is 2. The summed E-state index contributed by atoms with van der Waals surface area (Å²) in [6.07, 6.45) is 6.01. The fourth-order valence-electron chi connectivity index (χ4n) is 3.06. The van der Waals surface area contributed by atoms with Crippen LogP contribution in [0.1, 0.15) is 35.6 Å². The highest BCUT2D eigenvalue weighted by molar-refractivity contribution is 5.76. The number of ether oxygens (including phenoxy) is 1. The molecule has 1 atom stereocenters. The van der Waals surface area contributed by atoms with Crippen molar-refractivity contribution >= 4 is 5.91 Å². The van der Waals surface area contributed by atoms with Gasteiger partial charge in [-0.1, -0.05) is 6.07 Å². The Morgan fingerprint density at radius 2 is 2.33 bits per heavy atom. The van der Waals surface area contributed by atoms with Gasteiger partial charge in [-0.05, 0) is 55.0 Å². The van der Waals surface area contributed by atoms with Crippen LogP contribution in [0.4, 0.5) is 8.78 Å². The summed E-state index contributed by atoms with van der Waals surface area (Å²) < 4.78 is 30.7. The van der Waals surface area contributed by atoms with Gasteiger partial charge in [0.1, 0.15) is 12.3 Å². The molecule has 1 aliphatic rings.